The molecule has 0 aromatic carbocycles. The van der Waals surface area contributed by atoms with Gasteiger partial charge in [0.05, 0.1) is 4.83 Å². The third-order valence-corrected chi connectivity index (χ3v) is 0.875. The van der Waals surface area contributed by atoms with E-state index in [0.29, 0.717) is 4.83 Å². The Morgan fingerprint density at radius 1 is 1.33 bits per heavy atom. The molecule has 0 saturated carbocycles. The van der Waals surface area contributed by atoms with Crippen LogP contribution >= 0.6 is 15.9 Å². The second-order valence-electron chi connectivity index (χ2n) is 3.14. The van der Waals surface area contributed by atoms with E-state index in [9.17, 15) is 0 Å². The van der Waals surface area contributed by atoms with E-state index >= 15 is 0 Å². The second kappa shape index (κ2) is 3.27. The fraction of sp³-hybridized carbons (Fsp3) is 0.750. The standard InChI is InChI=1S/C8H13Br/c1-7(9)5-6-8(2,3)4/h7H,1-4H3. The molecular weight excluding hydrogens is 176 g/mol. The van der Waals surface area contributed by atoms with E-state index in [1.807, 2.05) is 6.92 Å². The largest absolute Gasteiger partial charge is 0.0962 e. The van der Waals surface area contributed by atoms with Crippen LogP contribution in [0.25, 0.3) is 0 Å². The van der Waals surface area contributed by atoms with Crippen molar-refractivity contribution in [3.05, 3.63) is 0 Å². The monoisotopic (exact) mass is 188 g/mol. The van der Waals surface area contributed by atoms with Crippen molar-refractivity contribution in [1.29, 1.82) is 0 Å². The molecule has 0 aromatic heterocycles. The third kappa shape index (κ3) is 8.04. The number of hydrogen-bond acceptors (Lipinski definition) is 0. The van der Waals surface area contributed by atoms with Crippen molar-refractivity contribution in [2.24, 2.45) is 5.41 Å². The van der Waals surface area contributed by atoms with E-state index in [1.165, 1.54) is 0 Å². The SMILES string of the molecule is CC(Br)C#CC(C)(C)C. The van der Waals surface area contributed by atoms with Gasteiger partial charge in [-0.15, -0.1) is 0 Å². The van der Waals surface area contributed by atoms with Crippen LogP contribution in [0.5, 0.6) is 0 Å². The highest BCUT2D eigenvalue weighted by Gasteiger charge is 2.03. The molecule has 0 nitrogen and oxygen atoms in total. The normalized spacial score (nSPS) is 13.9. The molecule has 0 aliphatic rings. The molecule has 0 N–H and O–H groups in total. The molecule has 0 fully saturated rings. The molecule has 0 rings (SSSR count). The first-order valence-electron chi connectivity index (χ1n) is 3.08. The van der Waals surface area contributed by atoms with Crippen molar-refractivity contribution in [2.45, 2.75) is 32.5 Å². The average molecular weight is 189 g/mol. The summed E-state index contributed by atoms with van der Waals surface area (Å²) >= 11 is 3.35. The highest BCUT2D eigenvalue weighted by Crippen LogP contribution is 2.10. The predicted octanol–water partition coefficient (Wildman–Crippen LogP) is 2.82. The Labute approximate surface area is 66.2 Å². The van der Waals surface area contributed by atoms with Gasteiger partial charge in [-0.25, -0.2) is 0 Å². The summed E-state index contributed by atoms with van der Waals surface area (Å²) in [6.07, 6.45) is 0. The number of hydrogen-bond donors (Lipinski definition) is 0. The van der Waals surface area contributed by atoms with Crippen LogP contribution in [-0.2, 0) is 0 Å². The molecule has 0 radical (unpaired) electrons. The van der Waals surface area contributed by atoms with Crippen LogP contribution in [0.2, 0.25) is 0 Å². The maximum atomic E-state index is 3.35. The maximum absolute atomic E-state index is 3.35. The molecule has 0 bridgehead atoms. The smallest absolute Gasteiger partial charge is 0.0726 e. The Kier molecular flexibility index (Phi) is 3.28. The molecule has 0 aliphatic heterocycles. The molecule has 9 heavy (non-hydrogen) atoms. The first-order valence-corrected chi connectivity index (χ1v) is 4.00. The van der Waals surface area contributed by atoms with Gasteiger partial charge in [-0.2, -0.15) is 0 Å². The lowest BCUT2D eigenvalue weighted by atomic mass is 9.98. The highest BCUT2D eigenvalue weighted by atomic mass is 79.9. The van der Waals surface area contributed by atoms with Gasteiger partial charge >= 0.3 is 0 Å². The molecule has 52 valence electrons. The first kappa shape index (κ1) is 9.04. The van der Waals surface area contributed by atoms with E-state index in [-0.39, 0.29) is 5.41 Å². The maximum Gasteiger partial charge on any atom is 0.0726 e. The van der Waals surface area contributed by atoms with Gasteiger partial charge in [-0.05, 0) is 27.7 Å². The zero-order valence-electron chi connectivity index (χ0n) is 6.46. The summed E-state index contributed by atoms with van der Waals surface area (Å²) in [7, 11) is 0. The summed E-state index contributed by atoms with van der Waals surface area (Å²) in [6.45, 7) is 8.35. The van der Waals surface area contributed by atoms with Gasteiger partial charge in [0.2, 0.25) is 0 Å². The van der Waals surface area contributed by atoms with Gasteiger partial charge in [0.1, 0.15) is 0 Å². The fourth-order valence-electron chi connectivity index (χ4n) is 0.316. The van der Waals surface area contributed by atoms with Crippen LogP contribution in [-0.4, -0.2) is 4.83 Å². The van der Waals surface area contributed by atoms with Crippen molar-refractivity contribution in [2.75, 3.05) is 0 Å². The molecule has 1 heteroatoms. The fourth-order valence-corrected chi connectivity index (χ4v) is 0.430. The van der Waals surface area contributed by atoms with Crippen LogP contribution < -0.4 is 0 Å². The van der Waals surface area contributed by atoms with Crippen molar-refractivity contribution in [3.63, 3.8) is 0 Å². The van der Waals surface area contributed by atoms with Gasteiger partial charge in [0.15, 0.2) is 0 Å². The van der Waals surface area contributed by atoms with E-state index in [1.54, 1.807) is 0 Å². The Morgan fingerprint density at radius 2 is 1.78 bits per heavy atom. The molecule has 0 spiro atoms. The van der Waals surface area contributed by atoms with Crippen molar-refractivity contribution in [1.82, 2.24) is 0 Å². The van der Waals surface area contributed by atoms with Gasteiger partial charge in [0.25, 0.3) is 0 Å². The van der Waals surface area contributed by atoms with Crippen molar-refractivity contribution in [3.8, 4) is 11.8 Å². The summed E-state index contributed by atoms with van der Waals surface area (Å²) in [5.74, 6) is 6.18. The van der Waals surface area contributed by atoms with Gasteiger partial charge in [0, 0.05) is 5.41 Å². The lowest BCUT2D eigenvalue weighted by molar-refractivity contribution is 0.570. The van der Waals surface area contributed by atoms with Gasteiger partial charge in [-0.1, -0.05) is 27.8 Å². The summed E-state index contributed by atoms with van der Waals surface area (Å²) in [6, 6.07) is 0. The minimum absolute atomic E-state index is 0.141. The Morgan fingerprint density at radius 3 is 1.89 bits per heavy atom. The molecule has 1 atom stereocenters. The molecule has 0 heterocycles. The zero-order valence-corrected chi connectivity index (χ0v) is 8.04. The second-order valence-corrected chi connectivity index (χ2v) is 4.51. The molecule has 0 saturated heterocycles. The highest BCUT2D eigenvalue weighted by molar-refractivity contribution is 9.09. The minimum atomic E-state index is 0.141. The van der Waals surface area contributed by atoms with Crippen LogP contribution in [0.1, 0.15) is 27.7 Å². The lowest BCUT2D eigenvalue weighted by Crippen LogP contribution is -2.00. The van der Waals surface area contributed by atoms with E-state index in [0.717, 1.165) is 0 Å². The van der Waals surface area contributed by atoms with Crippen LogP contribution in [0.15, 0.2) is 0 Å². The summed E-state index contributed by atoms with van der Waals surface area (Å²) in [4.78, 5) is 0.316. The minimum Gasteiger partial charge on any atom is -0.0962 e. The third-order valence-electron chi connectivity index (χ3n) is 0.646. The lowest BCUT2D eigenvalue weighted by Gasteiger charge is -2.06. The van der Waals surface area contributed by atoms with Crippen LogP contribution in [0, 0.1) is 17.3 Å². The Bertz CT molecular complexity index is 129. The molecule has 1 unspecified atom stereocenters. The number of halogens is 1. The van der Waals surface area contributed by atoms with E-state index < -0.39 is 0 Å². The first-order chi connectivity index (χ1) is 3.92. The Balaban J connectivity index is 3.88. The number of rotatable bonds is 0. The van der Waals surface area contributed by atoms with Gasteiger partial charge < -0.3 is 0 Å². The van der Waals surface area contributed by atoms with E-state index in [4.69, 9.17) is 0 Å². The molecule has 0 aromatic rings. The summed E-state index contributed by atoms with van der Waals surface area (Å²) in [5.41, 5.74) is 0.141. The quantitative estimate of drug-likeness (QED) is 0.406. The molecular formula is C8H13Br. The Hall–Kier alpha value is 0.0400. The topological polar surface area (TPSA) is 0 Å². The summed E-state index contributed by atoms with van der Waals surface area (Å²) in [5, 5.41) is 0. The summed E-state index contributed by atoms with van der Waals surface area (Å²) < 4.78 is 0. The molecule has 0 amide bonds. The van der Waals surface area contributed by atoms with Gasteiger partial charge in [-0.3, -0.25) is 0 Å². The van der Waals surface area contributed by atoms with Crippen molar-refractivity contribution >= 4 is 15.9 Å². The molecule has 0 aliphatic carbocycles. The van der Waals surface area contributed by atoms with Crippen LogP contribution in [0.4, 0.5) is 0 Å². The zero-order chi connectivity index (χ0) is 7.49. The van der Waals surface area contributed by atoms with E-state index in [2.05, 4.69) is 48.5 Å². The predicted molar refractivity (Wildman–Crippen MR) is 45.6 cm³/mol. The number of alkyl halides is 1. The van der Waals surface area contributed by atoms with Crippen molar-refractivity contribution < 1.29 is 0 Å². The van der Waals surface area contributed by atoms with Crippen LogP contribution in [0.3, 0.4) is 0 Å². The average Bonchev–Trinajstić information content (AvgIpc) is 1.59.